The molecule has 1 aliphatic heterocycles. The van der Waals surface area contributed by atoms with Crippen molar-refractivity contribution in [2.45, 2.75) is 25.3 Å². The molecule has 3 rings (SSSR count). The fraction of sp³-hybridized carbons (Fsp3) is 0.412. The van der Waals surface area contributed by atoms with Gasteiger partial charge in [-0.2, -0.15) is 0 Å². The van der Waals surface area contributed by atoms with Crippen LogP contribution in [0, 0.1) is 0 Å². The van der Waals surface area contributed by atoms with Gasteiger partial charge < -0.3 is 14.1 Å². The van der Waals surface area contributed by atoms with E-state index in [0.717, 1.165) is 23.7 Å². The lowest BCUT2D eigenvalue weighted by Crippen LogP contribution is -2.40. The highest BCUT2D eigenvalue weighted by atomic mass is 16.5. The summed E-state index contributed by atoms with van der Waals surface area (Å²) in [5, 5.41) is 0. The summed E-state index contributed by atoms with van der Waals surface area (Å²) in [4.78, 5) is 2.40. The fourth-order valence-electron chi connectivity index (χ4n) is 2.71. The highest BCUT2D eigenvalue weighted by Gasteiger charge is 2.19. The molecule has 2 heterocycles. The van der Waals surface area contributed by atoms with Gasteiger partial charge in [-0.05, 0) is 62.8 Å². The van der Waals surface area contributed by atoms with Crippen LogP contribution in [0.4, 0.5) is 0 Å². The molecule has 3 heteroatoms. The maximum atomic E-state index is 5.92. The molecule has 1 unspecified atom stereocenters. The van der Waals surface area contributed by atoms with Gasteiger partial charge >= 0.3 is 0 Å². The highest BCUT2D eigenvalue weighted by Crippen LogP contribution is 2.23. The summed E-state index contributed by atoms with van der Waals surface area (Å²) in [5.74, 6) is 1.82. The number of hydrogen-bond acceptors (Lipinski definition) is 3. The van der Waals surface area contributed by atoms with Crippen molar-refractivity contribution in [1.82, 2.24) is 4.90 Å². The van der Waals surface area contributed by atoms with Crippen LogP contribution in [0.15, 0.2) is 47.1 Å². The third-order valence-corrected chi connectivity index (χ3v) is 4.02. The van der Waals surface area contributed by atoms with Gasteiger partial charge in [-0.3, -0.25) is 0 Å². The molecule has 1 aromatic heterocycles. The lowest BCUT2D eigenvalue weighted by molar-refractivity contribution is 0.125. The van der Waals surface area contributed by atoms with Crippen LogP contribution in [0.25, 0.3) is 11.3 Å². The average molecular weight is 271 g/mol. The predicted octanol–water partition coefficient (Wildman–Crippen LogP) is 3.81. The molecule has 0 spiro atoms. The molecule has 1 fully saturated rings. The first-order valence-electron chi connectivity index (χ1n) is 7.30. The first kappa shape index (κ1) is 13.3. The van der Waals surface area contributed by atoms with Crippen molar-refractivity contribution in [2.24, 2.45) is 0 Å². The zero-order valence-electron chi connectivity index (χ0n) is 11.9. The first-order valence-corrected chi connectivity index (χ1v) is 7.30. The monoisotopic (exact) mass is 271 g/mol. The van der Waals surface area contributed by atoms with E-state index in [0.29, 0.717) is 6.04 Å². The molecule has 1 saturated heterocycles. The minimum atomic E-state index is 0.550. The Morgan fingerprint density at radius 3 is 2.75 bits per heavy atom. The van der Waals surface area contributed by atoms with E-state index in [2.05, 4.69) is 11.9 Å². The summed E-state index contributed by atoms with van der Waals surface area (Å²) in [5.41, 5.74) is 1.08. The van der Waals surface area contributed by atoms with Gasteiger partial charge in [0, 0.05) is 11.6 Å². The Balaban J connectivity index is 1.58. The van der Waals surface area contributed by atoms with Crippen molar-refractivity contribution in [2.75, 3.05) is 20.2 Å². The summed E-state index contributed by atoms with van der Waals surface area (Å²) >= 11 is 0. The molecule has 3 nitrogen and oxygen atoms in total. The Labute approximate surface area is 120 Å². The summed E-state index contributed by atoms with van der Waals surface area (Å²) in [6, 6.07) is 12.5. The summed E-state index contributed by atoms with van der Waals surface area (Å²) in [6.45, 7) is 1.96. The Bertz CT molecular complexity index is 518. The lowest BCUT2D eigenvalue weighted by atomic mass is 10.0. The maximum absolute atomic E-state index is 5.92. The number of ether oxygens (including phenoxy) is 1. The number of furan rings is 1. The van der Waals surface area contributed by atoms with Gasteiger partial charge in [-0.15, -0.1) is 0 Å². The minimum Gasteiger partial charge on any atom is -0.492 e. The molecule has 1 aromatic carbocycles. The second-order valence-electron chi connectivity index (χ2n) is 5.44. The van der Waals surface area contributed by atoms with Crippen LogP contribution in [-0.4, -0.2) is 31.1 Å². The molecule has 20 heavy (non-hydrogen) atoms. The van der Waals surface area contributed by atoms with Crippen LogP contribution in [0.3, 0.4) is 0 Å². The maximum Gasteiger partial charge on any atom is 0.133 e. The van der Waals surface area contributed by atoms with Crippen molar-refractivity contribution in [3.8, 4) is 17.1 Å². The topological polar surface area (TPSA) is 25.6 Å². The summed E-state index contributed by atoms with van der Waals surface area (Å²) in [7, 11) is 2.19. The minimum absolute atomic E-state index is 0.550. The van der Waals surface area contributed by atoms with Gasteiger partial charge in [-0.25, -0.2) is 0 Å². The van der Waals surface area contributed by atoms with Crippen molar-refractivity contribution in [3.63, 3.8) is 0 Å². The van der Waals surface area contributed by atoms with Crippen molar-refractivity contribution < 1.29 is 9.15 Å². The van der Waals surface area contributed by atoms with Crippen LogP contribution in [-0.2, 0) is 0 Å². The van der Waals surface area contributed by atoms with E-state index in [1.807, 2.05) is 36.4 Å². The number of nitrogens with zero attached hydrogens (tertiary/aromatic N) is 1. The molecule has 0 saturated carbocycles. The van der Waals surface area contributed by atoms with Crippen LogP contribution >= 0.6 is 0 Å². The molecule has 0 bridgehead atoms. The van der Waals surface area contributed by atoms with Crippen LogP contribution in [0.2, 0.25) is 0 Å². The quantitative estimate of drug-likeness (QED) is 0.845. The summed E-state index contributed by atoms with van der Waals surface area (Å²) < 4.78 is 11.3. The van der Waals surface area contributed by atoms with E-state index in [1.54, 1.807) is 6.26 Å². The second-order valence-corrected chi connectivity index (χ2v) is 5.44. The zero-order valence-corrected chi connectivity index (χ0v) is 11.9. The first-order chi connectivity index (χ1) is 9.83. The average Bonchev–Trinajstić information content (AvgIpc) is 3.01. The molecule has 0 aliphatic carbocycles. The normalized spacial score (nSPS) is 19.9. The van der Waals surface area contributed by atoms with Crippen molar-refractivity contribution in [1.29, 1.82) is 0 Å². The molecule has 1 aliphatic rings. The van der Waals surface area contributed by atoms with E-state index in [1.165, 1.54) is 25.8 Å². The van der Waals surface area contributed by atoms with E-state index >= 15 is 0 Å². The van der Waals surface area contributed by atoms with Gasteiger partial charge in [0.15, 0.2) is 0 Å². The van der Waals surface area contributed by atoms with Crippen LogP contribution < -0.4 is 4.74 Å². The number of piperidine rings is 1. The Morgan fingerprint density at radius 1 is 1.20 bits per heavy atom. The van der Waals surface area contributed by atoms with Crippen molar-refractivity contribution >= 4 is 0 Å². The van der Waals surface area contributed by atoms with E-state index in [4.69, 9.17) is 9.15 Å². The standard InChI is InChI=1S/C17H21NO2/c1-18-11-3-2-5-15(18)13-20-16-9-7-14(8-10-16)17-6-4-12-19-17/h4,6-10,12,15H,2-3,5,11,13H2,1H3. The van der Waals surface area contributed by atoms with E-state index in [-0.39, 0.29) is 0 Å². The molecular formula is C17H21NO2. The number of likely N-dealkylation sites (N-methyl/N-ethyl adjacent to an activating group) is 1. The van der Waals surface area contributed by atoms with Crippen molar-refractivity contribution in [3.05, 3.63) is 42.7 Å². The van der Waals surface area contributed by atoms with E-state index < -0.39 is 0 Å². The van der Waals surface area contributed by atoms with E-state index in [9.17, 15) is 0 Å². The van der Waals surface area contributed by atoms with Gasteiger partial charge in [0.25, 0.3) is 0 Å². The fourth-order valence-corrected chi connectivity index (χ4v) is 2.71. The van der Waals surface area contributed by atoms with Gasteiger partial charge in [0.1, 0.15) is 18.1 Å². The SMILES string of the molecule is CN1CCCCC1COc1ccc(-c2ccco2)cc1. The third kappa shape index (κ3) is 3.05. The number of likely N-dealkylation sites (tertiary alicyclic amines) is 1. The van der Waals surface area contributed by atoms with Crippen LogP contribution in [0.5, 0.6) is 5.75 Å². The Morgan fingerprint density at radius 2 is 2.05 bits per heavy atom. The molecular weight excluding hydrogens is 250 g/mol. The molecule has 0 N–H and O–H groups in total. The van der Waals surface area contributed by atoms with Gasteiger partial charge in [0.05, 0.1) is 6.26 Å². The molecule has 106 valence electrons. The van der Waals surface area contributed by atoms with Gasteiger partial charge in [-0.1, -0.05) is 6.42 Å². The predicted molar refractivity (Wildman–Crippen MR) is 79.9 cm³/mol. The number of hydrogen-bond donors (Lipinski definition) is 0. The summed E-state index contributed by atoms with van der Waals surface area (Å²) in [6.07, 6.45) is 5.56. The lowest BCUT2D eigenvalue weighted by Gasteiger charge is -2.32. The molecule has 1 atom stereocenters. The Kier molecular flexibility index (Phi) is 4.07. The second kappa shape index (κ2) is 6.14. The molecule has 0 amide bonds. The third-order valence-electron chi connectivity index (χ3n) is 4.02. The largest absolute Gasteiger partial charge is 0.492 e. The highest BCUT2D eigenvalue weighted by molar-refractivity contribution is 5.58. The zero-order chi connectivity index (χ0) is 13.8. The molecule has 0 radical (unpaired) electrons. The molecule has 2 aromatic rings. The van der Waals surface area contributed by atoms with Crippen LogP contribution in [0.1, 0.15) is 19.3 Å². The number of benzene rings is 1. The Hall–Kier alpha value is -1.74. The number of rotatable bonds is 4. The smallest absolute Gasteiger partial charge is 0.133 e. The van der Waals surface area contributed by atoms with Gasteiger partial charge in [0.2, 0.25) is 0 Å².